The number of benzene rings is 1. The third kappa shape index (κ3) is 1.34. The van der Waals surface area contributed by atoms with Crippen LogP contribution in [0, 0.1) is 0 Å². The number of carbonyl (C=O) groups is 1. The van der Waals surface area contributed by atoms with Gasteiger partial charge in [0.15, 0.2) is 6.61 Å². The van der Waals surface area contributed by atoms with Gasteiger partial charge in [0.2, 0.25) is 6.23 Å². The van der Waals surface area contributed by atoms with Crippen molar-refractivity contribution in [2.45, 2.75) is 6.23 Å². The molecule has 2 heterocycles. The molecule has 1 atom stereocenters. The Bertz CT molecular complexity index is 563. The van der Waals surface area contributed by atoms with E-state index in [9.17, 15) is 4.79 Å². The SMILES string of the molecule is O=C1OCC(n2ccc3c(Cl)cccc32)O1. The monoisotopic (exact) mass is 237 g/mol. The second kappa shape index (κ2) is 3.42. The lowest BCUT2D eigenvalue weighted by Crippen LogP contribution is -2.09. The third-order valence-electron chi connectivity index (χ3n) is 2.60. The summed E-state index contributed by atoms with van der Waals surface area (Å²) in [6.07, 6.45) is 0.806. The summed E-state index contributed by atoms with van der Waals surface area (Å²) in [7, 11) is 0. The molecular formula is C11H8ClNO3. The number of hydrogen-bond acceptors (Lipinski definition) is 3. The van der Waals surface area contributed by atoms with E-state index in [0.29, 0.717) is 5.02 Å². The fourth-order valence-corrected chi connectivity index (χ4v) is 2.09. The van der Waals surface area contributed by atoms with Crippen molar-refractivity contribution >= 4 is 28.7 Å². The molecule has 1 unspecified atom stereocenters. The predicted molar refractivity (Wildman–Crippen MR) is 58.4 cm³/mol. The molecule has 0 aliphatic carbocycles. The number of fused-ring (bicyclic) bond motifs is 1. The molecule has 0 radical (unpaired) electrons. The zero-order valence-electron chi connectivity index (χ0n) is 8.22. The van der Waals surface area contributed by atoms with Crippen LogP contribution in [-0.2, 0) is 9.47 Å². The molecule has 5 heteroatoms. The Kier molecular flexibility index (Phi) is 2.04. The van der Waals surface area contributed by atoms with Gasteiger partial charge in [0, 0.05) is 16.6 Å². The third-order valence-corrected chi connectivity index (χ3v) is 2.93. The Morgan fingerprint density at radius 2 is 2.25 bits per heavy atom. The van der Waals surface area contributed by atoms with Crippen molar-refractivity contribution in [1.82, 2.24) is 4.57 Å². The van der Waals surface area contributed by atoms with Crippen LogP contribution in [0.15, 0.2) is 30.5 Å². The molecule has 3 rings (SSSR count). The maximum Gasteiger partial charge on any atom is 0.510 e. The van der Waals surface area contributed by atoms with E-state index in [1.807, 2.05) is 35.0 Å². The fourth-order valence-electron chi connectivity index (χ4n) is 1.86. The highest BCUT2D eigenvalue weighted by Gasteiger charge is 2.27. The lowest BCUT2D eigenvalue weighted by Gasteiger charge is -2.09. The largest absolute Gasteiger partial charge is 0.510 e. The van der Waals surface area contributed by atoms with Crippen LogP contribution in [0.1, 0.15) is 6.23 Å². The standard InChI is InChI=1S/C11H8ClNO3/c12-8-2-1-3-9-7(8)4-5-13(9)10-6-15-11(14)16-10/h1-5,10H,6H2. The van der Waals surface area contributed by atoms with Crippen LogP contribution in [0.3, 0.4) is 0 Å². The molecule has 16 heavy (non-hydrogen) atoms. The van der Waals surface area contributed by atoms with E-state index < -0.39 is 12.4 Å². The minimum absolute atomic E-state index is 0.231. The number of halogens is 1. The van der Waals surface area contributed by atoms with Gasteiger partial charge in [-0.2, -0.15) is 0 Å². The van der Waals surface area contributed by atoms with Crippen LogP contribution in [0.25, 0.3) is 10.9 Å². The molecule has 4 nitrogen and oxygen atoms in total. The molecule has 1 aliphatic rings. The summed E-state index contributed by atoms with van der Waals surface area (Å²) >= 11 is 6.05. The van der Waals surface area contributed by atoms with E-state index in [-0.39, 0.29) is 6.61 Å². The number of cyclic esters (lactones) is 2. The molecule has 0 saturated carbocycles. The van der Waals surface area contributed by atoms with Crippen LogP contribution >= 0.6 is 11.6 Å². The zero-order valence-corrected chi connectivity index (χ0v) is 8.98. The average molecular weight is 238 g/mol. The quantitative estimate of drug-likeness (QED) is 0.716. The molecular weight excluding hydrogens is 230 g/mol. The van der Waals surface area contributed by atoms with E-state index in [2.05, 4.69) is 0 Å². The summed E-state index contributed by atoms with van der Waals surface area (Å²) in [5.41, 5.74) is 0.927. The van der Waals surface area contributed by atoms with E-state index in [0.717, 1.165) is 10.9 Å². The highest BCUT2D eigenvalue weighted by atomic mass is 35.5. The molecule has 1 aliphatic heterocycles. The lowest BCUT2D eigenvalue weighted by atomic mass is 10.2. The van der Waals surface area contributed by atoms with Gasteiger partial charge < -0.3 is 14.0 Å². The number of carbonyl (C=O) groups excluding carboxylic acids is 1. The molecule has 0 amide bonds. The smallest absolute Gasteiger partial charge is 0.428 e. The van der Waals surface area contributed by atoms with Gasteiger partial charge in [0.1, 0.15) is 0 Å². The van der Waals surface area contributed by atoms with E-state index in [1.54, 1.807) is 0 Å². The van der Waals surface area contributed by atoms with Gasteiger partial charge in [-0.3, -0.25) is 0 Å². The van der Waals surface area contributed by atoms with Crippen molar-refractivity contribution in [1.29, 1.82) is 0 Å². The normalized spacial score (nSPS) is 19.8. The highest BCUT2D eigenvalue weighted by Crippen LogP contribution is 2.28. The van der Waals surface area contributed by atoms with Gasteiger partial charge in [-0.1, -0.05) is 17.7 Å². The number of ether oxygens (including phenoxy) is 2. The topological polar surface area (TPSA) is 40.5 Å². The minimum Gasteiger partial charge on any atom is -0.428 e. The summed E-state index contributed by atoms with van der Waals surface area (Å²) in [4.78, 5) is 10.9. The van der Waals surface area contributed by atoms with Crippen LogP contribution in [0.4, 0.5) is 4.79 Å². The Morgan fingerprint density at radius 1 is 1.38 bits per heavy atom. The minimum atomic E-state index is -0.631. The van der Waals surface area contributed by atoms with E-state index in [1.165, 1.54) is 0 Å². The first kappa shape index (κ1) is 9.54. The van der Waals surface area contributed by atoms with Gasteiger partial charge in [0.05, 0.1) is 5.52 Å². The molecule has 1 aromatic heterocycles. The molecule has 1 aromatic carbocycles. The number of rotatable bonds is 1. The first-order valence-corrected chi connectivity index (χ1v) is 5.22. The average Bonchev–Trinajstić information content (AvgIpc) is 2.84. The van der Waals surface area contributed by atoms with E-state index >= 15 is 0 Å². The first-order chi connectivity index (χ1) is 7.75. The molecule has 0 spiro atoms. The van der Waals surface area contributed by atoms with Gasteiger partial charge in [0.25, 0.3) is 0 Å². The van der Waals surface area contributed by atoms with Crippen molar-refractivity contribution in [2.75, 3.05) is 6.61 Å². The van der Waals surface area contributed by atoms with Crippen LogP contribution < -0.4 is 0 Å². The molecule has 2 aromatic rings. The van der Waals surface area contributed by atoms with Gasteiger partial charge in [-0.15, -0.1) is 0 Å². The van der Waals surface area contributed by atoms with Crippen molar-refractivity contribution in [3.8, 4) is 0 Å². The van der Waals surface area contributed by atoms with Crippen molar-refractivity contribution in [3.05, 3.63) is 35.5 Å². The van der Waals surface area contributed by atoms with Crippen molar-refractivity contribution in [3.63, 3.8) is 0 Å². The van der Waals surface area contributed by atoms with Gasteiger partial charge in [-0.05, 0) is 18.2 Å². The summed E-state index contributed by atoms with van der Waals surface area (Å²) in [5.74, 6) is 0. The summed E-state index contributed by atoms with van der Waals surface area (Å²) in [6, 6.07) is 7.50. The Morgan fingerprint density at radius 3 is 3.00 bits per heavy atom. The fraction of sp³-hybridized carbons (Fsp3) is 0.182. The lowest BCUT2D eigenvalue weighted by molar-refractivity contribution is 0.0979. The summed E-state index contributed by atoms with van der Waals surface area (Å²) in [6.45, 7) is 0.231. The molecule has 1 fully saturated rings. The predicted octanol–water partition coefficient (Wildman–Crippen LogP) is 2.96. The first-order valence-electron chi connectivity index (χ1n) is 4.84. The second-order valence-corrected chi connectivity index (χ2v) is 3.94. The number of aromatic nitrogens is 1. The van der Waals surface area contributed by atoms with Gasteiger partial charge in [-0.25, -0.2) is 4.79 Å². The molecule has 82 valence electrons. The maximum atomic E-state index is 10.9. The summed E-state index contributed by atoms with van der Waals surface area (Å²) in [5, 5.41) is 1.62. The van der Waals surface area contributed by atoms with E-state index in [4.69, 9.17) is 21.1 Å². The molecule has 1 saturated heterocycles. The van der Waals surface area contributed by atoms with Crippen LogP contribution in [0.5, 0.6) is 0 Å². The van der Waals surface area contributed by atoms with Crippen LogP contribution in [-0.4, -0.2) is 17.3 Å². The van der Waals surface area contributed by atoms with Gasteiger partial charge >= 0.3 is 6.16 Å². The summed E-state index contributed by atoms with van der Waals surface area (Å²) < 4.78 is 11.6. The zero-order chi connectivity index (χ0) is 11.1. The Hall–Kier alpha value is -1.68. The second-order valence-electron chi connectivity index (χ2n) is 3.53. The van der Waals surface area contributed by atoms with Crippen LogP contribution in [0.2, 0.25) is 5.02 Å². The number of hydrogen-bond donors (Lipinski definition) is 0. The molecule has 0 N–H and O–H groups in total. The number of nitrogens with zero attached hydrogens (tertiary/aromatic N) is 1. The maximum absolute atomic E-state index is 10.9. The van der Waals surface area contributed by atoms with Crippen molar-refractivity contribution in [2.24, 2.45) is 0 Å². The Labute approximate surface area is 96.3 Å². The molecule has 0 bridgehead atoms. The van der Waals surface area contributed by atoms with Crippen molar-refractivity contribution < 1.29 is 14.3 Å². The highest BCUT2D eigenvalue weighted by molar-refractivity contribution is 6.35. The Balaban J connectivity index is 2.11.